The number of nitrogens with zero attached hydrogens (tertiary/aromatic N) is 2. The van der Waals surface area contributed by atoms with Gasteiger partial charge in [-0.25, -0.2) is 0 Å². The second-order valence-electron chi connectivity index (χ2n) is 7.10. The minimum Gasteiger partial charge on any atom is -0.341 e. The summed E-state index contributed by atoms with van der Waals surface area (Å²) in [6.45, 7) is 2.09. The number of fused-ring (bicyclic) bond motifs is 2. The molecule has 0 aliphatic carbocycles. The van der Waals surface area contributed by atoms with Crippen molar-refractivity contribution in [3.63, 3.8) is 0 Å². The number of amides is 2. The van der Waals surface area contributed by atoms with Gasteiger partial charge in [-0.2, -0.15) is 0 Å². The molecule has 4 rings (SSSR count). The number of carbonyl (C=O) groups is 2. The lowest BCUT2D eigenvalue weighted by Gasteiger charge is -2.27. The minimum atomic E-state index is -0.215. The molecule has 0 radical (unpaired) electrons. The van der Waals surface area contributed by atoms with E-state index < -0.39 is 0 Å². The summed E-state index contributed by atoms with van der Waals surface area (Å²) in [7, 11) is 0. The molecule has 24 heavy (non-hydrogen) atoms. The van der Waals surface area contributed by atoms with Gasteiger partial charge in [-0.15, -0.1) is 0 Å². The molecule has 3 heterocycles. The first kappa shape index (κ1) is 16.1. The summed E-state index contributed by atoms with van der Waals surface area (Å²) in [6.07, 6.45) is 3.73. The Balaban J connectivity index is 1.45. The van der Waals surface area contributed by atoms with Gasteiger partial charge in [0.1, 0.15) is 0 Å². The van der Waals surface area contributed by atoms with Crippen molar-refractivity contribution in [2.75, 3.05) is 24.5 Å². The lowest BCUT2D eigenvalue weighted by atomic mass is 10.0. The van der Waals surface area contributed by atoms with Crippen LogP contribution in [0.3, 0.4) is 0 Å². The van der Waals surface area contributed by atoms with Crippen molar-refractivity contribution in [1.29, 1.82) is 0 Å². The fourth-order valence-corrected chi connectivity index (χ4v) is 4.56. The summed E-state index contributed by atoms with van der Waals surface area (Å²) in [4.78, 5) is 29.1. The highest BCUT2D eigenvalue weighted by molar-refractivity contribution is 9.10. The Morgan fingerprint density at radius 3 is 2.83 bits per heavy atom. The van der Waals surface area contributed by atoms with Gasteiger partial charge in [-0.1, -0.05) is 22.0 Å². The number of hydrogen-bond donors (Lipinski definition) is 1. The van der Waals surface area contributed by atoms with Crippen LogP contribution in [0.1, 0.15) is 25.7 Å². The Morgan fingerprint density at radius 2 is 2.00 bits per heavy atom. The Hall–Kier alpha value is -1.40. The third kappa shape index (κ3) is 3.09. The number of halogens is 1. The van der Waals surface area contributed by atoms with Crippen molar-refractivity contribution >= 4 is 33.4 Å². The molecule has 0 saturated carbocycles. The van der Waals surface area contributed by atoms with Crippen LogP contribution in [0, 0.1) is 5.92 Å². The predicted octanol–water partition coefficient (Wildman–Crippen LogP) is 2.15. The summed E-state index contributed by atoms with van der Waals surface area (Å²) >= 11 is 3.44. The van der Waals surface area contributed by atoms with E-state index in [1.807, 2.05) is 29.2 Å². The van der Waals surface area contributed by atoms with Gasteiger partial charge in [0, 0.05) is 48.3 Å². The fraction of sp³-hybridized carbons (Fsp3) is 0.556. The minimum absolute atomic E-state index is 0.0425. The molecule has 1 N–H and O–H groups in total. The molecular formula is C18H22BrN3O2. The Morgan fingerprint density at radius 1 is 1.17 bits per heavy atom. The molecule has 1 aromatic rings. The van der Waals surface area contributed by atoms with Crippen LogP contribution in [0.2, 0.25) is 0 Å². The van der Waals surface area contributed by atoms with Crippen LogP contribution < -0.4 is 10.2 Å². The van der Waals surface area contributed by atoms with Crippen molar-refractivity contribution in [2.24, 2.45) is 5.92 Å². The zero-order valence-electron chi connectivity index (χ0n) is 13.6. The van der Waals surface area contributed by atoms with Crippen molar-refractivity contribution < 1.29 is 9.59 Å². The summed E-state index contributed by atoms with van der Waals surface area (Å²) in [6, 6.07) is 8.70. The monoisotopic (exact) mass is 391 g/mol. The van der Waals surface area contributed by atoms with E-state index in [1.165, 1.54) is 6.42 Å². The summed E-state index contributed by atoms with van der Waals surface area (Å²) in [5, 5.41) is 3.60. The highest BCUT2D eigenvalue weighted by Gasteiger charge is 2.39. The third-order valence-electron chi connectivity index (χ3n) is 5.43. The van der Waals surface area contributed by atoms with Crippen molar-refractivity contribution in [3.8, 4) is 0 Å². The maximum absolute atomic E-state index is 12.9. The first-order valence-corrected chi connectivity index (χ1v) is 9.50. The highest BCUT2D eigenvalue weighted by atomic mass is 79.9. The number of anilines is 1. The van der Waals surface area contributed by atoms with Gasteiger partial charge in [-0.3, -0.25) is 9.59 Å². The van der Waals surface area contributed by atoms with Gasteiger partial charge in [0.05, 0.1) is 5.92 Å². The van der Waals surface area contributed by atoms with E-state index in [1.54, 1.807) is 4.90 Å². The maximum atomic E-state index is 12.9. The molecule has 3 atom stereocenters. The van der Waals surface area contributed by atoms with Crippen LogP contribution in [0.15, 0.2) is 28.7 Å². The van der Waals surface area contributed by atoms with Crippen molar-refractivity contribution in [2.45, 2.75) is 37.8 Å². The van der Waals surface area contributed by atoms with E-state index in [0.717, 1.165) is 36.1 Å². The van der Waals surface area contributed by atoms with Crippen LogP contribution in [0.4, 0.5) is 5.69 Å². The summed E-state index contributed by atoms with van der Waals surface area (Å²) < 4.78 is 0.942. The number of carbonyl (C=O) groups excluding carboxylic acids is 2. The van der Waals surface area contributed by atoms with E-state index in [9.17, 15) is 9.59 Å². The van der Waals surface area contributed by atoms with Gasteiger partial charge in [0.2, 0.25) is 11.8 Å². The molecule has 0 aromatic heterocycles. The second-order valence-corrected chi connectivity index (χ2v) is 8.01. The Kier molecular flexibility index (Phi) is 4.35. The van der Waals surface area contributed by atoms with E-state index in [0.29, 0.717) is 25.0 Å². The molecule has 3 fully saturated rings. The van der Waals surface area contributed by atoms with E-state index in [-0.39, 0.29) is 17.7 Å². The lowest BCUT2D eigenvalue weighted by Crippen LogP contribution is -2.42. The van der Waals surface area contributed by atoms with Crippen LogP contribution in [-0.4, -0.2) is 48.4 Å². The maximum Gasteiger partial charge on any atom is 0.228 e. The Bertz CT molecular complexity index is 665. The summed E-state index contributed by atoms with van der Waals surface area (Å²) in [5.74, 6) is -0.0239. The van der Waals surface area contributed by atoms with E-state index in [2.05, 4.69) is 21.2 Å². The molecule has 2 bridgehead atoms. The SMILES string of the molecule is O=C(C1CC(=O)N(c2cccc(Br)c2)C1)N1CCC2CCC(C1)N2. The highest BCUT2D eigenvalue weighted by Crippen LogP contribution is 2.29. The quantitative estimate of drug-likeness (QED) is 0.840. The molecule has 5 nitrogen and oxygen atoms in total. The van der Waals surface area contributed by atoms with Crippen LogP contribution >= 0.6 is 15.9 Å². The third-order valence-corrected chi connectivity index (χ3v) is 5.92. The van der Waals surface area contributed by atoms with Crippen LogP contribution in [0.25, 0.3) is 0 Å². The first-order valence-electron chi connectivity index (χ1n) is 8.71. The number of nitrogens with one attached hydrogen (secondary N) is 1. The van der Waals surface area contributed by atoms with Crippen LogP contribution in [-0.2, 0) is 9.59 Å². The molecule has 0 spiro atoms. The number of hydrogen-bond acceptors (Lipinski definition) is 3. The van der Waals surface area contributed by atoms with Gasteiger partial charge < -0.3 is 15.1 Å². The van der Waals surface area contributed by atoms with Crippen molar-refractivity contribution in [1.82, 2.24) is 10.2 Å². The predicted molar refractivity (Wildman–Crippen MR) is 95.7 cm³/mol. The average molecular weight is 392 g/mol. The normalized spacial score (nSPS) is 29.9. The van der Waals surface area contributed by atoms with Crippen molar-refractivity contribution in [3.05, 3.63) is 28.7 Å². The summed E-state index contributed by atoms with van der Waals surface area (Å²) in [5.41, 5.74) is 0.862. The molecule has 1 aromatic carbocycles. The molecule has 6 heteroatoms. The smallest absolute Gasteiger partial charge is 0.228 e. The zero-order chi connectivity index (χ0) is 16.7. The molecule has 3 aliphatic heterocycles. The Labute approximate surface area is 150 Å². The first-order chi connectivity index (χ1) is 11.6. The van der Waals surface area contributed by atoms with Gasteiger partial charge in [-0.05, 0) is 37.5 Å². The lowest BCUT2D eigenvalue weighted by molar-refractivity contribution is -0.136. The standard InChI is InChI=1S/C18H22BrN3O2/c19-13-2-1-3-16(9-13)22-10-12(8-17(22)23)18(24)21-7-6-14-4-5-15(11-21)20-14/h1-3,9,12,14-15,20H,4-8,10-11H2. The zero-order valence-corrected chi connectivity index (χ0v) is 15.2. The number of benzene rings is 1. The number of likely N-dealkylation sites (tertiary alicyclic amines) is 1. The topological polar surface area (TPSA) is 52.7 Å². The molecule has 128 valence electrons. The number of rotatable bonds is 2. The van der Waals surface area contributed by atoms with E-state index >= 15 is 0 Å². The largest absolute Gasteiger partial charge is 0.341 e. The molecule has 3 unspecified atom stereocenters. The molecule has 3 saturated heterocycles. The second kappa shape index (κ2) is 6.48. The van der Waals surface area contributed by atoms with Gasteiger partial charge in [0.15, 0.2) is 0 Å². The molecular weight excluding hydrogens is 370 g/mol. The van der Waals surface area contributed by atoms with E-state index in [4.69, 9.17) is 0 Å². The fourth-order valence-electron chi connectivity index (χ4n) is 4.17. The molecule has 2 amide bonds. The van der Waals surface area contributed by atoms with Gasteiger partial charge in [0.25, 0.3) is 0 Å². The van der Waals surface area contributed by atoms with Crippen LogP contribution in [0.5, 0.6) is 0 Å². The molecule has 3 aliphatic rings. The average Bonchev–Trinajstić information content (AvgIpc) is 3.09. The van der Waals surface area contributed by atoms with Gasteiger partial charge >= 0.3 is 0 Å².